The van der Waals surface area contributed by atoms with Crippen molar-refractivity contribution < 1.29 is 4.79 Å². The van der Waals surface area contributed by atoms with Crippen LogP contribution in [0.3, 0.4) is 0 Å². The average Bonchev–Trinajstić information content (AvgIpc) is 2.35. The molecule has 2 aromatic rings. The van der Waals surface area contributed by atoms with Crippen molar-refractivity contribution in [3.63, 3.8) is 0 Å². The summed E-state index contributed by atoms with van der Waals surface area (Å²) in [5.41, 5.74) is 8.78. The second-order valence-electron chi connectivity index (χ2n) is 6.31. The summed E-state index contributed by atoms with van der Waals surface area (Å²) in [4.78, 5) is 12.7. The lowest BCUT2D eigenvalue weighted by Crippen LogP contribution is -2.13. The fourth-order valence-corrected chi connectivity index (χ4v) is 4.37. The highest BCUT2D eigenvalue weighted by Crippen LogP contribution is 2.34. The van der Waals surface area contributed by atoms with E-state index < -0.39 is 0 Å². The van der Waals surface area contributed by atoms with Gasteiger partial charge in [0.1, 0.15) is 4.83 Å². The largest absolute Gasteiger partial charge is 0.293 e. The number of carbonyl (C=O) groups is 1. The molecule has 0 spiro atoms. The van der Waals surface area contributed by atoms with Crippen LogP contribution in [0.4, 0.5) is 0 Å². The fourth-order valence-electron chi connectivity index (χ4n) is 3.42. The van der Waals surface area contributed by atoms with Gasteiger partial charge in [0.2, 0.25) is 0 Å². The monoisotopic (exact) mass is 358 g/mol. The van der Waals surface area contributed by atoms with Crippen LogP contribution < -0.4 is 0 Å². The second-order valence-corrected chi connectivity index (χ2v) is 7.23. The van der Waals surface area contributed by atoms with Crippen molar-refractivity contribution in [1.82, 2.24) is 0 Å². The summed E-state index contributed by atoms with van der Waals surface area (Å²) in [7, 11) is 0. The molecule has 0 saturated carbocycles. The van der Waals surface area contributed by atoms with Gasteiger partial charge in [-0.05, 0) is 69.4 Å². The Bertz CT molecular complexity index is 697. The van der Waals surface area contributed by atoms with Crippen molar-refractivity contribution >= 4 is 21.7 Å². The number of aryl methyl sites for hydroxylation is 6. The highest BCUT2D eigenvalue weighted by molar-refractivity contribution is 9.09. The Kier molecular flexibility index (Phi) is 4.91. The van der Waals surface area contributed by atoms with E-state index in [9.17, 15) is 4.79 Å². The van der Waals surface area contributed by atoms with Crippen molar-refractivity contribution in [3.05, 3.63) is 68.8 Å². The van der Waals surface area contributed by atoms with Crippen LogP contribution in [0.1, 0.15) is 54.1 Å². The van der Waals surface area contributed by atoms with Crippen LogP contribution in [0.25, 0.3) is 0 Å². The molecule has 0 saturated heterocycles. The number of rotatable bonds is 3. The van der Waals surface area contributed by atoms with Crippen molar-refractivity contribution in [1.29, 1.82) is 0 Å². The van der Waals surface area contributed by atoms with Crippen molar-refractivity contribution in [2.45, 2.75) is 46.4 Å². The summed E-state index contributed by atoms with van der Waals surface area (Å²) in [6.07, 6.45) is 0. The predicted octanol–water partition coefficient (Wildman–Crippen LogP) is 5.86. The topological polar surface area (TPSA) is 17.1 Å². The molecule has 2 aromatic carbocycles. The van der Waals surface area contributed by atoms with Gasteiger partial charge in [0, 0.05) is 5.56 Å². The summed E-state index contributed by atoms with van der Waals surface area (Å²) in [5, 5.41) is 0. The Morgan fingerprint density at radius 3 is 1.55 bits per heavy atom. The first kappa shape index (κ1) is 17.0. The summed E-state index contributed by atoms with van der Waals surface area (Å²) in [6, 6.07) is 8.43. The molecule has 0 aliphatic carbocycles. The lowest BCUT2D eigenvalue weighted by Gasteiger charge is -2.19. The third-order valence-electron chi connectivity index (χ3n) is 4.15. The van der Waals surface area contributed by atoms with E-state index in [0.29, 0.717) is 0 Å². The summed E-state index contributed by atoms with van der Waals surface area (Å²) >= 11 is 3.65. The molecule has 2 heteroatoms. The Morgan fingerprint density at radius 1 is 0.773 bits per heavy atom. The molecule has 0 heterocycles. The van der Waals surface area contributed by atoms with Crippen LogP contribution in [-0.2, 0) is 0 Å². The molecule has 1 nitrogen and oxygen atoms in total. The van der Waals surface area contributed by atoms with Gasteiger partial charge in [-0.25, -0.2) is 0 Å². The maximum absolute atomic E-state index is 13.0. The lowest BCUT2D eigenvalue weighted by atomic mass is 9.90. The van der Waals surface area contributed by atoms with E-state index in [0.717, 1.165) is 33.4 Å². The maximum Gasteiger partial charge on any atom is 0.181 e. The van der Waals surface area contributed by atoms with Gasteiger partial charge < -0.3 is 0 Å². The molecule has 0 aromatic heterocycles. The molecule has 0 unspecified atom stereocenters. The number of ketones is 1. The zero-order valence-electron chi connectivity index (χ0n) is 14.2. The Labute approximate surface area is 141 Å². The van der Waals surface area contributed by atoms with Gasteiger partial charge in [-0.1, -0.05) is 51.3 Å². The van der Waals surface area contributed by atoms with Gasteiger partial charge in [-0.2, -0.15) is 0 Å². The molecule has 22 heavy (non-hydrogen) atoms. The standard InChI is InChI=1S/C20H23BrO/c1-11-7-13(3)17(14(4)8-11)19(21)20(22)18-15(5)9-12(2)10-16(18)6/h7-10,19H,1-6H3/t19-/m0/s1. The van der Waals surface area contributed by atoms with Crippen LogP contribution in [0.2, 0.25) is 0 Å². The molecular weight excluding hydrogens is 336 g/mol. The van der Waals surface area contributed by atoms with E-state index in [1.807, 2.05) is 13.8 Å². The molecule has 0 N–H and O–H groups in total. The van der Waals surface area contributed by atoms with Gasteiger partial charge in [-0.15, -0.1) is 0 Å². The summed E-state index contributed by atoms with van der Waals surface area (Å²) in [5.74, 6) is 0.144. The maximum atomic E-state index is 13.0. The minimum atomic E-state index is -0.298. The van der Waals surface area contributed by atoms with E-state index in [1.165, 1.54) is 11.1 Å². The number of hydrogen-bond donors (Lipinski definition) is 0. The normalized spacial score (nSPS) is 12.3. The van der Waals surface area contributed by atoms with E-state index in [-0.39, 0.29) is 10.6 Å². The van der Waals surface area contributed by atoms with Crippen LogP contribution in [-0.4, -0.2) is 5.78 Å². The predicted molar refractivity (Wildman–Crippen MR) is 97.3 cm³/mol. The Hall–Kier alpha value is -1.41. The second kappa shape index (κ2) is 6.37. The molecule has 0 fully saturated rings. The minimum absolute atomic E-state index is 0.144. The number of Topliss-reactive ketones (excluding diaryl/α,β-unsaturated/α-hetero) is 1. The fraction of sp³-hybridized carbons (Fsp3) is 0.350. The third-order valence-corrected chi connectivity index (χ3v) is 5.02. The zero-order valence-corrected chi connectivity index (χ0v) is 15.8. The van der Waals surface area contributed by atoms with Gasteiger partial charge >= 0.3 is 0 Å². The quantitative estimate of drug-likeness (QED) is 0.496. The van der Waals surface area contributed by atoms with Gasteiger partial charge in [0.15, 0.2) is 5.78 Å². The molecule has 0 aliphatic heterocycles. The van der Waals surface area contributed by atoms with Crippen molar-refractivity contribution in [3.8, 4) is 0 Å². The number of alkyl halides is 1. The first-order valence-corrected chi connectivity index (χ1v) is 8.47. The van der Waals surface area contributed by atoms with Gasteiger partial charge in [-0.3, -0.25) is 4.79 Å². The zero-order chi connectivity index (χ0) is 16.6. The molecule has 0 aliphatic rings. The highest BCUT2D eigenvalue weighted by atomic mass is 79.9. The van der Waals surface area contributed by atoms with Crippen molar-refractivity contribution in [2.75, 3.05) is 0 Å². The molecular formula is C20H23BrO. The molecule has 1 atom stereocenters. The van der Waals surface area contributed by atoms with E-state index in [2.05, 4.69) is 67.9 Å². The molecule has 116 valence electrons. The SMILES string of the molecule is Cc1cc(C)c(C(=O)[C@@H](Br)c2c(C)cc(C)cc2C)c(C)c1. The van der Waals surface area contributed by atoms with Crippen LogP contribution >= 0.6 is 15.9 Å². The van der Waals surface area contributed by atoms with Crippen LogP contribution in [0.5, 0.6) is 0 Å². The smallest absolute Gasteiger partial charge is 0.181 e. The van der Waals surface area contributed by atoms with E-state index in [1.54, 1.807) is 0 Å². The van der Waals surface area contributed by atoms with Crippen LogP contribution in [0, 0.1) is 41.5 Å². The average molecular weight is 359 g/mol. The summed E-state index contributed by atoms with van der Waals surface area (Å²) in [6.45, 7) is 12.3. The highest BCUT2D eigenvalue weighted by Gasteiger charge is 2.25. The number of halogens is 1. The first-order chi connectivity index (χ1) is 10.2. The molecule has 0 amide bonds. The molecule has 2 rings (SSSR count). The van der Waals surface area contributed by atoms with Crippen molar-refractivity contribution in [2.24, 2.45) is 0 Å². The minimum Gasteiger partial charge on any atom is -0.293 e. The lowest BCUT2D eigenvalue weighted by molar-refractivity contribution is 0.0990. The van der Waals surface area contributed by atoms with E-state index in [4.69, 9.17) is 0 Å². The Balaban J connectivity index is 2.51. The molecule has 0 radical (unpaired) electrons. The third kappa shape index (κ3) is 3.17. The van der Waals surface area contributed by atoms with Gasteiger partial charge in [0.25, 0.3) is 0 Å². The first-order valence-electron chi connectivity index (χ1n) is 7.56. The summed E-state index contributed by atoms with van der Waals surface area (Å²) < 4.78 is 0. The Morgan fingerprint density at radius 2 is 1.14 bits per heavy atom. The number of hydrogen-bond acceptors (Lipinski definition) is 1. The van der Waals surface area contributed by atoms with Crippen LogP contribution in [0.15, 0.2) is 24.3 Å². The van der Waals surface area contributed by atoms with E-state index >= 15 is 0 Å². The molecule has 0 bridgehead atoms. The van der Waals surface area contributed by atoms with Gasteiger partial charge in [0.05, 0.1) is 0 Å². The number of carbonyl (C=O) groups excluding carboxylic acids is 1. The number of benzene rings is 2.